The zero-order chi connectivity index (χ0) is 28.1. The van der Waals surface area contributed by atoms with Gasteiger partial charge in [0.25, 0.3) is 5.91 Å². The lowest BCUT2D eigenvalue weighted by molar-refractivity contribution is 0.0946. The predicted molar refractivity (Wildman–Crippen MR) is 149 cm³/mol. The lowest BCUT2D eigenvalue weighted by Gasteiger charge is -2.23. The van der Waals surface area contributed by atoms with Crippen LogP contribution >= 0.6 is 7.82 Å². The van der Waals surface area contributed by atoms with E-state index in [2.05, 4.69) is 10.6 Å². The molecule has 2 aromatic carbocycles. The van der Waals surface area contributed by atoms with Crippen LogP contribution in [0.5, 0.6) is 11.5 Å². The van der Waals surface area contributed by atoms with E-state index in [1.807, 2.05) is 12.1 Å². The number of carbonyl (C=O) groups is 1. The third kappa shape index (κ3) is 9.94. The molecule has 1 aliphatic heterocycles. The first-order valence-electron chi connectivity index (χ1n) is 13.2. The molecule has 214 valence electrons. The van der Waals surface area contributed by atoms with Crippen molar-refractivity contribution >= 4 is 19.6 Å². The molecule has 2 aromatic rings. The summed E-state index contributed by atoms with van der Waals surface area (Å²) in [7, 11) is -3.63. The van der Waals surface area contributed by atoms with Gasteiger partial charge in [-0.1, -0.05) is 12.1 Å². The summed E-state index contributed by atoms with van der Waals surface area (Å²) in [6.07, 6.45) is 2.48. The SMILES string of the molecule is CCOP(=O)(OCC)OCCc1ccc(C(=N)N)cc1OCCNC(=O)c1ccc(OC2CCNCC2)cc1. The molecule has 0 spiro atoms. The van der Waals surface area contributed by atoms with Gasteiger partial charge in [-0.05, 0) is 75.7 Å². The van der Waals surface area contributed by atoms with E-state index in [1.165, 1.54) is 0 Å². The van der Waals surface area contributed by atoms with Crippen LogP contribution < -0.4 is 25.8 Å². The Kier molecular flexibility index (Phi) is 12.2. The Labute approximate surface area is 229 Å². The fraction of sp³-hybridized carbons (Fsp3) is 0.481. The van der Waals surface area contributed by atoms with E-state index in [-0.39, 0.29) is 50.8 Å². The van der Waals surface area contributed by atoms with Crippen molar-refractivity contribution in [1.82, 2.24) is 10.6 Å². The lowest BCUT2D eigenvalue weighted by atomic mass is 10.1. The summed E-state index contributed by atoms with van der Waals surface area (Å²) in [6.45, 7) is 6.23. The minimum Gasteiger partial charge on any atom is -0.491 e. The fourth-order valence-corrected chi connectivity index (χ4v) is 5.15. The van der Waals surface area contributed by atoms with Crippen LogP contribution in [-0.4, -0.2) is 63.9 Å². The van der Waals surface area contributed by atoms with Crippen LogP contribution in [0.2, 0.25) is 0 Å². The molecular formula is C27H39N4O7P. The number of phosphoric acid groups is 1. The molecule has 5 N–H and O–H groups in total. The monoisotopic (exact) mass is 562 g/mol. The molecule has 1 heterocycles. The molecule has 1 fully saturated rings. The second kappa shape index (κ2) is 15.6. The first kappa shape index (κ1) is 30.6. The van der Waals surface area contributed by atoms with Crippen molar-refractivity contribution in [2.75, 3.05) is 46.1 Å². The summed E-state index contributed by atoms with van der Waals surface area (Å²) < 4.78 is 40.2. The number of benzene rings is 2. The van der Waals surface area contributed by atoms with Gasteiger partial charge in [-0.15, -0.1) is 0 Å². The molecule has 39 heavy (non-hydrogen) atoms. The molecule has 3 rings (SSSR count). The van der Waals surface area contributed by atoms with Crippen molar-refractivity contribution in [3.63, 3.8) is 0 Å². The Bertz CT molecular complexity index is 1110. The second-order valence-electron chi connectivity index (χ2n) is 8.80. The number of amides is 1. The third-order valence-electron chi connectivity index (χ3n) is 5.92. The quantitative estimate of drug-likeness (QED) is 0.104. The minimum atomic E-state index is -3.63. The Balaban J connectivity index is 1.51. The summed E-state index contributed by atoms with van der Waals surface area (Å²) >= 11 is 0. The van der Waals surface area contributed by atoms with Crippen LogP contribution in [0, 0.1) is 5.41 Å². The number of carbonyl (C=O) groups excluding carboxylic acids is 1. The van der Waals surface area contributed by atoms with E-state index in [4.69, 9.17) is 34.2 Å². The topological polar surface area (TPSA) is 154 Å². The highest BCUT2D eigenvalue weighted by Gasteiger charge is 2.25. The Hall–Kier alpha value is -2.95. The molecule has 0 aliphatic carbocycles. The molecule has 12 heteroatoms. The van der Waals surface area contributed by atoms with Crippen molar-refractivity contribution in [2.24, 2.45) is 5.73 Å². The number of phosphoric ester groups is 1. The van der Waals surface area contributed by atoms with Gasteiger partial charge in [-0.3, -0.25) is 23.8 Å². The summed E-state index contributed by atoms with van der Waals surface area (Å²) in [5.74, 6) is 0.923. The highest BCUT2D eigenvalue weighted by molar-refractivity contribution is 7.48. The molecule has 1 amide bonds. The van der Waals surface area contributed by atoms with Crippen LogP contribution in [0.1, 0.15) is 48.2 Å². The number of hydrogen-bond donors (Lipinski definition) is 4. The van der Waals surface area contributed by atoms with Gasteiger partial charge >= 0.3 is 7.82 Å². The Morgan fingerprint density at radius 3 is 2.33 bits per heavy atom. The number of piperidine rings is 1. The Morgan fingerprint density at radius 1 is 1.03 bits per heavy atom. The van der Waals surface area contributed by atoms with Crippen molar-refractivity contribution < 1.29 is 32.4 Å². The van der Waals surface area contributed by atoms with Crippen LogP contribution in [-0.2, 0) is 24.6 Å². The number of nitrogens with two attached hydrogens (primary N) is 1. The molecule has 1 saturated heterocycles. The fourth-order valence-electron chi connectivity index (χ4n) is 3.98. The maximum atomic E-state index is 12.6. The van der Waals surface area contributed by atoms with Gasteiger partial charge in [0.15, 0.2) is 0 Å². The van der Waals surface area contributed by atoms with E-state index in [0.717, 1.165) is 37.2 Å². The van der Waals surface area contributed by atoms with Crippen LogP contribution in [0.15, 0.2) is 42.5 Å². The van der Waals surface area contributed by atoms with E-state index >= 15 is 0 Å². The minimum absolute atomic E-state index is 0.0706. The summed E-state index contributed by atoms with van der Waals surface area (Å²) in [6, 6.07) is 12.2. The van der Waals surface area contributed by atoms with E-state index in [1.54, 1.807) is 44.2 Å². The smallest absolute Gasteiger partial charge is 0.474 e. The molecular weight excluding hydrogens is 523 g/mol. The number of ether oxygens (including phenoxy) is 2. The van der Waals surface area contributed by atoms with Gasteiger partial charge in [-0.2, -0.15) is 0 Å². The highest BCUT2D eigenvalue weighted by atomic mass is 31.2. The molecule has 0 atom stereocenters. The maximum absolute atomic E-state index is 12.6. The zero-order valence-electron chi connectivity index (χ0n) is 22.6. The first-order valence-corrected chi connectivity index (χ1v) is 14.7. The number of hydrogen-bond acceptors (Lipinski definition) is 9. The first-order chi connectivity index (χ1) is 18.8. The average molecular weight is 563 g/mol. The van der Waals surface area contributed by atoms with Gasteiger partial charge in [0.05, 0.1) is 26.4 Å². The summed E-state index contributed by atoms with van der Waals surface area (Å²) in [5, 5.41) is 13.9. The largest absolute Gasteiger partial charge is 0.491 e. The van der Waals surface area contributed by atoms with E-state index in [9.17, 15) is 9.36 Å². The molecule has 1 aliphatic rings. The zero-order valence-corrected chi connectivity index (χ0v) is 23.5. The van der Waals surface area contributed by atoms with Gasteiger partial charge in [-0.25, -0.2) is 4.57 Å². The average Bonchev–Trinajstić information content (AvgIpc) is 2.92. The Morgan fingerprint density at radius 2 is 1.69 bits per heavy atom. The molecule has 0 unspecified atom stereocenters. The van der Waals surface area contributed by atoms with E-state index < -0.39 is 7.82 Å². The number of nitrogen functional groups attached to an aromatic ring is 1. The van der Waals surface area contributed by atoms with Crippen molar-refractivity contribution in [3.8, 4) is 11.5 Å². The molecule has 11 nitrogen and oxygen atoms in total. The summed E-state index contributed by atoms with van der Waals surface area (Å²) in [4.78, 5) is 12.6. The number of rotatable bonds is 16. The van der Waals surface area contributed by atoms with Gasteiger partial charge < -0.3 is 25.8 Å². The van der Waals surface area contributed by atoms with Crippen molar-refractivity contribution in [2.45, 2.75) is 39.2 Å². The van der Waals surface area contributed by atoms with E-state index in [0.29, 0.717) is 23.3 Å². The normalized spacial score (nSPS) is 14.1. The van der Waals surface area contributed by atoms with Gasteiger partial charge in [0.2, 0.25) is 0 Å². The molecule has 0 aromatic heterocycles. The van der Waals surface area contributed by atoms with Gasteiger partial charge in [0.1, 0.15) is 30.0 Å². The van der Waals surface area contributed by atoms with Gasteiger partial charge in [0, 0.05) is 17.5 Å². The maximum Gasteiger partial charge on any atom is 0.474 e. The number of nitrogens with one attached hydrogen (secondary N) is 3. The molecule has 0 bridgehead atoms. The lowest BCUT2D eigenvalue weighted by Crippen LogP contribution is -2.34. The second-order valence-corrected chi connectivity index (χ2v) is 10.5. The van der Waals surface area contributed by atoms with Crippen LogP contribution in [0.3, 0.4) is 0 Å². The summed E-state index contributed by atoms with van der Waals surface area (Å²) in [5.41, 5.74) is 7.43. The van der Waals surface area contributed by atoms with Crippen molar-refractivity contribution in [3.05, 3.63) is 59.2 Å². The molecule has 0 saturated carbocycles. The number of amidine groups is 1. The van der Waals surface area contributed by atoms with Crippen LogP contribution in [0.25, 0.3) is 0 Å². The third-order valence-corrected chi connectivity index (χ3v) is 7.57. The molecule has 0 radical (unpaired) electrons. The van der Waals surface area contributed by atoms with Crippen molar-refractivity contribution in [1.29, 1.82) is 5.41 Å². The highest BCUT2D eigenvalue weighted by Crippen LogP contribution is 2.49. The standard InChI is InChI=1S/C27H39N4O7P/c1-3-35-39(33,36-4-2)37-17-13-20-5-6-22(26(28)29)19-25(20)34-18-16-31-27(32)21-7-9-23(10-8-21)38-24-11-14-30-15-12-24/h5-10,19,24,30H,3-4,11-18H2,1-2H3,(H3,28,29)(H,31,32). The van der Waals surface area contributed by atoms with Crippen LogP contribution in [0.4, 0.5) is 0 Å². The predicted octanol–water partition coefficient (Wildman–Crippen LogP) is 3.65.